The minimum atomic E-state index is -3.60. The van der Waals surface area contributed by atoms with Gasteiger partial charge in [-0.15, -0.1) is 0 Å². The largest absolute Gasteiger partial charge is 0.354 e. The molecule has 2 aromatic carbocycles. The van der Waals surface area contributed by atoms with Crippen LogP contribution in [0.25, 0.3) is 10.8 Å². The average molecular weight is 360 g/mol. The SMILES string of the molecule is CC(C)NC(=O)[C@H]1CCCN(S(=O)(=O)c2ccc3ccccc3c2)C1. The van der Waals surface area contributed by atoms with E-state index in [1.54, 1.807) is 12.1 Å². The van der Waals surface area contributed by atoms with Gasteiger partial charge in [0, 0.05) is 19.1 Å². The molecule has 1 saturated heterocycles. The van der Waals surface area contributed by atoms with Crippen molar-refractivity contribution in [2.75, 3.05) is 13.1 Å². The monoisotopic (exact) mass is 360 g/mol. The third kappa shape index (κ3) is 3.85. The molecule has 0 aromatic heterocycles. The molecule has 2 aromatic rings. The van der Waals surface area contributed by atoms with Gasteiger partial charge in [0.05, 0.1) is 10.8 Å². The van der Waals surface area contributed by atoms with Gasteiger partial charge >= 0.3 is 0 Å². The van der Waals surface area contributed by atoms with Crippen LogP contribution in [0.2, 0.25) is 0 Å². The van der Waals surface area contributed by atoms with Crippen LogP contribution in [0.1, 0.15) is 26.7 Å². The highest BCUT2D eigenvalue weighted by atomic mass is 32.2. The average Bonchev–Trinajstić information content (AvgIpc) is 2.61. The molecule has 0 spiro atoms. The fourth-order valence-corrected chi connectivity index (χ4v) is 4.81. The number of hydrogen-bond donors (Lipinski definition) is 1. The van der Waals surface area contributed by atoms with E-state index in [0.29, 0.717) is 13.0 Å². The summed E-state index contributed by atoms with van der Waals surface area (Å²) < 4.78 is 27.5. The van der Waals surface area contributed by atoms with Crippen molar-refractivity contribution in [1.82, 2.24) is 9.62 Å². The maximum Gasteiger partial charge on any atom is 0.243 e. The quantitative estimate of drug-likeness (QED) is 0.912. The summed E-state index contributed by atoms with van der Waals surface area (Å²) >= 11 is 0. The van der Waals surface area contributed by atoms with Crippen molar-refractivity contribution < 1.29 is 13.2 Å². The Hall–Kier alpha value is -1.92. The predicted molar refractivity (Wildman–Crippen MR) is 98.7 cm³/mol. The van der Waals surface area contributed by atoms with Gasteiger partial charge in [0.1, 0.15) is 0 Å². The number of sulfonamides is 1. The molecule has 1 amide bonds. The predicted octanol–water partition coefficient (Wildman–Crippen LogP) is 2.77. The lowest BCUT2D eigenvalue weighted by Gasteiger charge is -2.31. The first-order valence-corrected chi connectivity index (χ1v) is 10.1. The molecular formula is C19H24N2O3S. The Kier molecular flexibility index (Phi) is 5.11. The van der Waals surface area contributed by atoms with Gasteiger partial charge in [0.15, 0.2) is 0 Å². The first-order chi connectivity index (χ1) is 11.9. The Balaban J connectivity index is 1.84. The summed E-state index contributed by atoms with van der Waals surface area (Å²) in [7, 11) is -3.60. The molecule has 1 fully saturated rings. The molecule has 0 unspecified atom stereocenters. The lowest BCUT2D eigenvalue weighted by molar-refractivity contribution is -0.126. The number of benzene rings is 2. The van der Waals surface area contributed by atoms with Crippen LogP contribution in [0.4, 0.5) is 0 Å². The number of carbonyl (C=O) groups excluding carboxylic acids is 1. The Morgan fingerprint density at radius 1 is 1.16 bits per heavy atom. The van der Waals surface area contributed by atoms with E-state index >= 15 is 0 Å². The highest BCUT2D eigenvalue weighted by molar-refractivity contribution is 7.89. The van der Waals surface area contributed by atoms with Crippen LogP contribution >= 0.6 is 0 Å². The van der Waals surface area contributed by atoms with Crippen LogP contribution in [0.3, 0.4) is 0 Å². The van der Waals surface area contributed by atoms with Crippen LogP contribution in [-0.2, 0) is 14.8 Å². The molecule has 1 N–H and O–H groups in total. The van der Waals surface area contributed by atoms with Crippen molar-refractivity contribution in [2.24, 2.45) is 5.92 Å². The van der Waals surface area contributed by atoms with Gasteiger partial charge in [-0.2, -0.15) is 4.31 Å². The van der Waals surface area contributed by atoms with E-state index in [1.165, 1.54) is 4.31 Å². The molecule has 25 heavy (non-hydrogen) atoms. The smallest absolute Gasteiger partial charge is 0.243 e. The molecule has 134 valence electrons. The topological polar surface area (TPSA) is 66.5 Å². The molecule has 0 bridgehead atoms. The zero-order valence-electron chi connectivity index (χ0n) is 14.6. The van der Waals surface area contributed by atoms with E-state index in [4.69, 9.17) is 0 Å². The second kappa shape index (κ2) is 7.14. The van der Waals surface area contributed by atoms with Crippen molar-refractivity contribution in [2.45, 2.75) is 37.6 Å². The maximum absolute atomic E-state index is 13.0. The molecule has 6 heteroatoms. The fourth-order valence-electron chi connectivity index (χ4n) is 3.25. The molecule has 5 nitrogen and oxygen atoms in total. The van der Waals surface area contributed by atoms with Crippen molar-refractivity contribution in [3.05, 3.63) is 42.5 Å². The standard InChI is InChI=1S/C19H24N2O3S/c1-14(2)20-19(22)17-8-5-11-21(13-17)25(23,24)18-10-9-15-6-3-4-7-16(15)12-18/h3-4,6-7,9-10,12,14,17H,5,8,11,13H2,1-2H3,(H,20,22)/t17-/m0/s1. The Morgan fingerprint density at radius 2 is 1.88 bits per heavy atom. The Morgan fingerprint density at radius 3 is 2.60 bits per heavy atom. The molecule has 1 heterocycles. The van der Waals surface area contributed by atoms with Crippen molar-refractivity contribution in [1.29, 1.82) is 0 Å². The van der Waals surface area contributed by atoms with Gasteiger partial charge in [-0.25, -0.2) is 8.42 Å². The highest BCUT2D eigenvalue weighted by Crippen LogP contribution is 2.26. The number of carbonyl (C=O) groups is 1. The Bertz CT molecular complexity index is 877. The van der Waals surface area contributed by atoms with Gasteiger partial charge in [0.2, 0.25) is 15.9 Å². The number of nitrogens with zero attached hydrogens (tertiary/aromatic N) is 1. The summed E-state index contributed by atoms with van der Waals surface area (Å²) in [5.74, 6) is -0.347. The van der Waals surface area contributed by atoms with Crippen molar-refractivity contribution in [3.8, 4) is 0 Å². The molecule has 1 atom stereocenters. The van der Waals surface area contributed by atoms with Crippen LogP contribution in [0, 0.1) is 5.92 Å². The first kappa shape index (κ1) is 17.9. The summed E-state index contributed by atoms with van der Waals surface area (Å²) in [6.07, 6.45) is 1.42. The van der Waals surface area contributed by atoms with Crippen LogP contribution < -0.4 is 5.32 Å². The van der Waals surface area contributed by atoms with Crippen molar-refractivity contribution >= 4 is 26.7 Å². The zero-order chi connectivity index (χ0) is 18.0. The summed E-state index contributed by atoms with van der Waals surface area (Å²) in [5, 5.41) is 4.79. The van der Waals surface area contributed by atoms with Gasteiger partial charge in [-0.3, -0.25) is 4.79 Å². The summed E-state index contributed by atoms with van der Waals surface area (Å²) in [6.45, 7) is 4.52. The number of nitrogens with one attached hydrogen (secondary N) is 1. The van der Waals surface area contributed by atoms with Gasteiger partial charge in [-0.1, -0.05) is 30.3 Å². The van der Waals surface area contributed by atoms with Crippen LogP contribution in [0.5, 0.6) is 0 Å². The second-order valence-electron chi connectivity index (χ2n) is 6.87. The molecule has 1 aliphatic heterocycles. The van der Waals surface area contributed by atoms with Gasteiger partial charge in [-0.05, 0) is 49.6 Å². The first-order valence-electron chi connectivity index (χ1n) is 8.67. The normalized spacial score (nSPS) is 19.2. The number of piperidine rings is 1. The number of amides is 1. The zero-order valence-corrected chi connectivity index (χ0v) is 15.4. The van der Waals surface area contributed by atoms with E-state index in [0.717, 1.165) is 17.2 Å². The number of rotatable bonds is 4. The van der Waals surface area contributed by atoms with E-state index in [1.807, 2.05) is 44.2 Å². The van der Waals surface area contributed by atoms with Gasteiger partial charge in [0.25, 0.3) is 0 Å². The molecular weight excluding hydrogens is 336 g/mol. The van der Waals surface area contributed by atoms with Crippen LogP contribution in [0.15, 0.2) is 47.4 Å². The van der Waals surface area contributed by atoms with E-state index < -0.39 is 10.0 Å². The highest BCUT2D eigenvalue weighted by Gasteiger charge is 2.33. The van der Waals surface area contributed by atoms with E-state index in [2.05, 4.69) is 5.32 Å². The molecule has 0 aliphatic carbocycles. The van der Waals surface area contributed by atoms with E-state index in [-0.39, 0.29) is 29.3 Å². The third-order valence-corrected chi connectivity index (χ3v) is 6.41. The lowest BCUT2D eigenvalue weighted by atomic mass is 9.98. The molecule has 3 rings (SSSR count). The third-order valence-electron chi connectivity index (χ3n) is 4.54. The summed E-state index contributed by atoms with van der Waals surface area (Å²) in [6, 6.07) is 12.9. The maximum atomic E-state index is 13.0. The molecule has 0 saturated carbocycles. The fraction of sp³-hybridized carbons (Fsp3) is 0.421. The number of hydrogen-bond acceptors (Lipinski definition) is 3. The second-order valence-corrected chi connectivity index (χ2v) is 8.81. The lowest BCUT2D eigenvalue weighted by Crippen LogP contribution is -2.46. The minimum absolute atomic E-state index is 0.0555. The number of fused-ring (bicyclic) bond motifs is 1. The van der Waals surface area contributed by atoms with Crippen molar-refractivity contribution in [3.63, 3.8) is 0 Å². The van der Waals surface area contributed by atoms with Crippen LogP contribution in [-0.4, -0.2) is 37.8 Å². The summed E-state index contributed by atoms with van der Waals surface area (Å²) in [5.41, 5.74) is 0. The molecule has 1 aliphatic rings. The molecule has 0 radical (unpaired) electrons. The summed E-state index contributed by atoms with van der Waals surface area (Å²) in [4.78, 5) is 12.5. The minimum Gasteiger partial charge on any atom is -0.354 e. The van der Waals surface area contributed by atoms with E-state index in [9.17, 15) is 13.2 Å². The van der Waals surface area contributed by atoms with Gasteiger partial charge < -0.3 is 5.32 Å². The Labute approximate surface area is 149 Å².